The molecule has 94 valence electrons. The van der Waals surface area contributed by atoms with Gasteiger partial charge in [0.25, 0.3) is 0 Å². The highest BCUT2D eigenvalue weighted by molar-refractivity contribution is 9.10. The van der Waals surface area contributed by atoms with Crippen LogP contribution in [0.4, 0.5) is 0 Å². The van der Waals surface area contributed by atoms with E-state index in [1.165, 1.54) is 22.3 Å². The lowest BCUT2D eigenvalue weighted by atomic mass is 10.0. The molecule has 0 aliphatic heterocycles. The summed E-state index contributed by atoms with van der Waals surface area (Å²) in [4.78, 5) is 0.250. The molecule has 1 atom stereocenters. The van der Waals surface area contributed by atoms with Crippen LogP contribution in [0.3, 0.4) is 0 Å². The van der Waals surface area contributed by atoms with E-state index in [-0.39, 0.29) is 4.83 Å². The van der Waals surface area contributed by atoms with Gasteiger partial charge in [-0.05, 0) is 47.7 Å². The molecule has 0 heterocycles. The summed E-state index contributed by atoms with van der Waals surface area (Å²) < 4.78 is 1.13. The van der Waals surface area contributed by atoms with Gasteiger partial charge in [0.05, 0.1) is 4.83 Å². The number of benzene rings is 2. The van der Waals surface area contributed by atoms with Gasteiger partial charge in [-0.25, -0.2) is 0 Å². The van der Waals surface area contributed by atoms with E-state index in [0.29, 0.717) is 0 Å². The molecule has 0 fully saturated rings. The van der Waals surface area contributed by atoms with Gasteiger partial charge in [0.15, 0.2) is 0 Å². The second kappa shape index (κ2) is 6.03. The molecular formula is C16H16Br2. The number of rotatable bonds is 3. The monoisotopic (exact) mass is 366 g/mol. The van der Waals surface area contributed by atoms with Crippen molar-refractivity contribution in [2.24, 2.45) is 0 Å². The van der Waals surface area contributed by atoms with Crippen LogP contribution in [-0.2, 0) is 6.42 Å². The Morgan fingerprint density at radius 3 is 2.22 bits per heavy atom. The maximum Gasteiger partial charge on any atom is 0.0645 e. The van der Waals surface area contributed by atoms with Crippen LogP contribution in [0.1, 0.15) is 34.0 Å². The standard InChI is InChI=1S/C16H16Br2/c1-3-12-4-6-13(7-5-12)16(18)14-8-11(2)9-15(17)10-14/h4-10,16H,3H2,1-2H3. The maximum atomic E-state index is 3.79. The highest BCUT2D eigenvalue weighted by Crippen LogP contribution is 2.33. The van der Waals surface area contributed by atoms with Crippen LogP contribution < -0.4 is 0 Å². The van der Waals surface area contributed by atoms with Crippen molar-refractivity contribution in [2.75, 3.05) is 0 Å². The van der Waals surface area contributed by atoms with Gasteiger partial charge in [0.2, 0.25) is 0 Å². The summed E-state index contributed by atoms with van der Waals surface area (Å²) in [6.45, 7) is 4.30. The van der Waals surface area contributed by atoms with Gasteiger partial charge in [0, 0.05) is 4.47 Å². The van der Waals surface area contributed by atoms with Crippen molar-refractivity contribution in [3.05, 3.63) is 69.2 Å². The van der Waals surface area contributed by atoms with Crippen LogP contribution in [0.5, 0.6) is 0 Å². The van der Waals surface area contributed by atoms with Gasteiger partial charge in [0.1, 0.15) is 0 Å². The largest absolute Gasteiger partial charge is 0.0786 e. The lowest BCUT2D eigenvalue weighted by Crippen LogP contribution is -1.94. The Kier molecular flexibility index (Phi) is 4.63. The Bertz CT molecular complexity index is 509. The molecule has 2 rings (SSSR count). The van der Waals surface area contributed by atoms with Crippen LogP contribution in [0.15, 0.2) is 46.9 Å². The van der Waals surface area contributed by atoms with E-state index in [0.717, 1.165) is 10.9 Å². The average Bonchev–Trinajstić information content (AvgIpc) is 2.37. The molecule has 1 unspecified atom stereocenters. The molecule has 0 saturated heterocycles. The van der Waals surface area contributed by atoms with Crippen molar-refractivity contribution in [1.82, 2.24) is 0 Å². The lowest BCUT2D eigenvalue weighted by molar-refractivity contribution is 1.11. The Hall–Kier alpha value is -0.600. The highest BCUT2D eigenvalue weighted by Gasteiger charge is 2.11. The molecule has 0 spiro atoms. The van der Waals surface area contributed by atoms with Crippen LogP contribution in [0.2, 0.25) is 0 Å². The van der Waals surface area contributed by atoms with Gasteiger partial charge in [-0.1, -0.05) is 69.1 Å². The van der Waals surface area contributed by atoms with E-state index in [1.54, 1.807) is 0 Å². The Labute approximate surface area is 126 Å². The Morgan fingerprint density at radius 1 is 1.00 bits per heavy atom. The number of halogens is 2. The summed E-state index contributed by atoms with van der Waals surface area (Å²) in [5.41, 5.74) is 5.23. The molecule has 2 aromatic rings. The van der Waals surface area contributed by atoms with Crippen LogP contribution in [-0.4, -0.2) is 0 Å². The molecule has 0 bridgehead atoms. The molecule has 0 radical (unpaired) electrons. The number of hydrogen-bond acceptors (Lipinski definition) is 0. The Morgan fingerprint density at radius 2 is 1.67 bits per heavy atom. The molecule has 18 heavy (non-hydrogen) atoms. The average molecular weight is 368 g/mol. The van der Waals surface area contributed by atoms with E-state index >= 15 is 0 Å². The molecule has 0 N–H and O–H groups in total. The molecule has 0 saturated carbocycles. The van der Waals surface area contributed by atoms with Crippen molar-refractivity contribution < 1.29 is 0 Å². The van der Waals surface area contributed by atoms with Crippen molar-refractivity contribution in [1.29, 1.82) is 0 Å². The predicted octanol–water partition coefficient (Wildman–Crippen LogP) is 5.80. The van der Waals surface area contributed by atoms with Gasteiger partial charge < -0.3 is 0 Å². The van der Waals surface area contributed by atoms with Gasteiger partial charge in [-0.3, -0.25) is 0 Å². The molecular weight excluding hydrogens is 352 g/mol. The number of alkyl halides is 1. The molecule has 0 aliphatic rings. The lowest BCUT2D eigenvalue weighted by Gasteiger charge is -2.13. The molecule has 0 aromatic heterocycles. The van der Waals surface area contributed by atoms with Crippen molar-refractivity contribution in [2.45, 2.75) is 25.1 Å². The van der Waals surface area contributed by atoms with E-state index < -0.39 is 0 Å². The summed E-state index contributed by atoms with van der Waals surface area (Å²) in [6, 6.07) is 15.3. The third kappa shape index (κ3) is 3.24. The smallest absolute Gasteiger partial charge is 0.0645 e. The van der Waals surface area contributed by atoms with Gasteiger partial charge in [-0.2, -0.15) is 0 Å². The van der Waals surface area contributed by atoms with E-state index in [9.17, 15) is 0 Å². The van der Waals surface area contributed by atoms with E-state index in [1.807, 2.05) is 0 Å². The fraction of sp³-hybridized carbons (Fsp3) is 0.250. The third-order valence-electron chi connectivity index (χ3n) is 3.04. The first-order chi connectivity index (χ1) is 8.60. The van der Waals surface area contributed by atoms with Crippen LogP contribution >= 0.6 is 31.9 Å². The zero-order valence-electron chi connectivity index (χ0n) is 10.6. The minimum atomic E-state index is 0.250. The summed E-state index contributed by atoms with van der Waals surface area (Å²) >= 11 is 7.34. The second-order valence-corrected chi connectivity index (χ2v) is 6.35. The molecule has 0 amide bonds. The SMILES string of the molecule is CCc1ccc(C(Br)c2cc(C)cc(Br)c2)cc1. The predicted molar refractivity (Wildman–Crippen MR) is 85.5 cm³/mol. The first-order valence-corrected chi connectivity index (χ1v) is 7.81. The zero-order chi connectivity index (χ0) is 13.1. The van der Waals surface area contributed by atoms with E-state index in [2.05, 4.69) is 88.2 Å². The molecule has 0 nitrogen and oxygen atoms in total. The topological polar surface area (TPSA) is 0 Å². The minimum Gasteiger partial charge on any atom is -0.0786 e. The van der Waals surface area contributed by atoms with Crippen LogP contribution in [0, 0.1) is 6.92 Å². The minimum absolute atomic E-state index is 0.250. The first kappa shape index (κ1) is 13.8. The first-order valence-electron chi connectivity index (χ1n) is 6.10. The van der Waals surface area contributed by atoms with E-state index in [4.69, 9.17) is 0 Å². The number of hydrogen-bond donors (Lipinski definition) is 0. The zero-order valence-corrected chi connectivity index (χ0v) is 13.8. The summed E-state index contributed by atoms with van der Waals surface area (Å²) in [5, 5.41) is 0. The van der Waals surface area contributed by atoms with Gasteiger partial charge in [-0.15, -0.1) is 0 Å². The Balaban J connectivity index is 2.31. The highest BCUT2D eigenvalue weighted by atomic mass is 79.9. The van der Waals surface area contributed by atoms with Gasteiger partial charge >= 0.3 is 0 Å². The second-order valence-electron chi connectivity index (χ2n) is 4.52. The summed E-state index contributed by atoms with van der Waals surface area (Å²) in [7, 11) is 0. The maximum absolute atomic E-state index is 3.79. The van der Waals surface area contributed by atoms with Crippen molar-refractivity contribution in [3.8, 4) is 0 Å². The molecule has 2 heteroatoms. The summed E-state index contributed by atoms with van der Waals surface area (Å²) in [6.07, 6.45) is 1.09. The molecule has 2 aromatic carbocycles. The fourth-order valence-electron chi connectivity index (χ4n) is 2.03. The normalized spacial score (nSPS) is 12.4. The fourth-order valence-corrected chi connectivity index (χ4v) is 3.22. The quantitative estimate of drug-likeness (QED) is 0.601. The summed E-state index contributed by atoms with van der Waals surface area (Å²) in [5.74, 6) is 0. The van der Waals surface area contributed by atoms with Crippen molar-refractivity contribution in [3.63, 3.8) is 0 Å². The van der Waals surface area contributed by atoms with Crippen LogP contribution in [0.25, 0.3) is 0 Å². The number of aryl methyl sites for hydroxylation is 2. The van der Waals surface area contributed by atoms with Crippen molar-refractivity contribution >= 4 is 31.9 Å². The third-order valence-corrected chi connectivity index (χ3v) is 4.55. The molecule has 0 aliphatic carbocycles.